The molecule has 3 rings (SSSR count). The number of aromatic nitrogens is 1. The normalized spacial score (nSPS) is 27.5. The quantitative estimate of drug-likeness (QED) is 0.833. The molecular weight excluding hydrogens is 316 g/mol. The van der Waals surface area contributed by atoms with Crippen molar-refractivity contribution in [1.82, 2.24) is 14.8 Å². The van der Waals surface area contributed by atoms with Crippen LogP contribution in [0.25, 0.3) is 0 Å². The first-order valence-corrected chi connectivity index (χ1v) is 9.26. The molecule has 3 heterocycles. The Morgan fingerprint density at radius 3 is 2.72 bits per heavy atom. The number of morpholine rings is 1. The third-order valence-corrected chi connectivity index (χ3v) is 5.05. The summed E-state index contributed by atoms with van der Waals surface area (Å²) in [5, 5.41) is 0. The molecule has 0 spiro atoms. The Labute approximate surface area is 150 Å². The van der Waals surface area contributed by atoms with Crippen LogP contribution in [0.2, 0.25) is 0 Å². The highest BCUT2D eigenvalue weighted by Crippen LogP contribution is 2.23. The maximum absolute atomic E-state index is 13.0. The van der Waals surface area contributed by atoms with E-state index in [1.807, 2.05) is 31.1 Å². The molecule has 0 saturated carbocycles. The lowest BCUT2D eigenvalue weighted by molar-refractivity contribution is -0.0715. The Hall–Kier alpha value is -1.66. The lowest BCUT2D eigenvalue weighted by atomic mass is 10.1. The molecule has 2 aliphatic rings. The van der Waals surface area contributed by atoms with Gasteiger partial charge in [0.15, 0.2) is 0 Å². The van der Waals surface area contributed by atoms with Crippen molar-refractivity contribution in [2.75, 3.05) is 45.2 Å². The lowest BCUT2D eigenvalue weighted by Crippen LogP contribution is -2.50. The fourth-order valence-corrected chi connectivity index (χ4v) is 3.99. The number of rotatable bonds is 4. The molecule has 0 radical (unpaired) electrons. The standard InChI is InChI=1S/C19H30N4O2/c1-14-11-22(12-15(2)25-14)13-17-6-5-9-23(17)19(24)16-7-8-20-18(10-16)21(3)4/h7-8,10,14-15,17H,5-6,9,11-13H2,1-4H3/t14-,15-,17-/m1/s1. The van der Waals surface area contributed by atoms with Gasteiger partial charge in [-0.3, -0.25) is 9.69 Å². The van der Waals surface area contributed by atoms with Crippen molar-refractivity contribution in [2.45, 2.75) is 44.9 Å². The predicted octanol–water partition coefficient (Wildman–Crippen LogP) is 1.86. The zero-order valence-electron chi connectivity index (χ0n) is 15.8. The minimum Gasteiger partial charge on any atom is -0.373 e. The first-order chi connectivity index (χ1) is 11.9. The number of anilines is 1. The molecular formula is C19H30N4O2. The van der Waals surface area contributed by atoms with E-state index in [9.17, 15) is 4.79 Å². The maximum Gasteiger partial charge on any atom is 0.254 e. The summed E-state index contributed by atoms with van der Waals surface area (Å²) in [5.41, 5.74) is 0.731. The Morgan fingerprint density at radius 1 is 1.32 bits per heavy atom. The molecule has 1 aromatic heterocycles. The van der Waals surface area contributed by atoms with Crippen molar-refractivity contribution in [3.05, 3.63) is 23.9 Å². The maximum atomic E-state index is 13.0. The highest BCUT2D eigenvalue weighted by Gasteiger charge is 2.33. The molecule has 0 aromatic carbocycles. The largest absolute Gasteiger partial charge is 0.373 e. The smallest absolute Gasteiger partial charge is 0.254 e. The van der Waals surface area contributed by atoms with Crippen molar-refractivity contribution in [1.29, 1.82) is 0 Å². The molecule has 6 nitrogen and oxygen atoms in total. The number of carbonyl (C=O) groups excluding carboxylic acids is 1. The van der Waals surface area contributed by atoms with Gasteiger partial charge < -0.3 is 14.5 Å². The molecule has 6 heteroatoms. The summed E-state index contributed by atoms with van der Waals surface area (Å²) < 4.78 is 5.83. The van der Waals surface area contributed by atoms with Gasteiger partial charge in [-0.1, -0.05) is 0 Å². The molecule has 1 aromatic rings. The van der Waals surface area contributed by atoms with Crippen LogP contribution in [0.1, 0.15) is 37.0 Å². The lowest BCUT2D eigenvalue weighted by Gasteiger charge is -2.38. The van der Waals surface area contributed by atoms with Gasteiger partial charge in [-0.2, -0.15) is 0 Å². The minimum atomic E-state index is 0.127. The molecule has 138 valence electrons. The second kappa shape index (κ2) is 7.70. The van der Waals surface area contributed by atoms with Gasteiger partial charge in [-0.25, -0.2) is 4.98 Å². The molecule has 0 bridgehead atoms. The highest BCUT2D eigenvalue weighted by molar-refractivity contribution is 5.95. The Balaban J connectivity index is 1.68. The van der Waals surface area contributed by atoms with Crippen LogP contribution in [-0.2, 0) is 4.74 Å². The van der Waals surface area contributed by atoms with Crippen LogP contribution in [0.4, 0.5) is 5.82 Å². The number of hydrogen-bond donors (Lipinski definition) is 0. The molecule has 3 atom stereocenters. The molecule has 2 fully saturated rings. The van der Waals surface area contributed by atoms with Crippen LogP contribution < -0.4 is 4.90 Å². The average Bonchev–Trinajstić information content (AvgIpc) is 3.01. The summed E-state index contributed by atoms with van der Waals surface area (Å²) in [5.74, 6) is 0.944. The summed E-state index contributed by atoms with van der Waals surface area (Å²) in [6.45, 7) is 7.93. The van der Waals surface area contributed by atoms with Gasteiger partial charge in [0.2, 0.25) is 0 Å². The van der Waals surface area contributed by atoms with E-state index in [2.05, 4.69) is 28.6 Å². The van der Waals surface area contributed by atoms with E-state index in [0.717, 1.165) is 50.4 Å². The molecule has 0 N–H and O–H groups in total. The topological polar surface area (TPSA) is 48.9 Å². The van der Waals surface area contributed by atoms with Crippen LogP contribution >= 0.6 is 0 Å². The minimum absolute atomic E-state index is 0.127. The number of pyridine rings is 1. The monoisotopic (exact) mass is 346 g/mol. The van der Waals surface area contributed by atoms with E-state index in [-0.39, 0.29) is 18.1 Å². The SMILES string of the molecule is C[C@@H]1CN(C[C@H]2CCCN2C(=O)c2ccnc(N(C)C)c2)C[C@@H](C)O1. The number of hydrogen-bond acceptors (Lipinski definition) is 5. The summed E-state index contributed by atoms with van der Waals surface area (Å²) in [7, 11) is 3.88. The fraction of sp³-hybridized carbons (Fsp3) is 0.684. The number of likely N-dealkylation sites (tertiary alicyclic amines) is 1. The van der Waals surface area contributed by atoms with E-state index in [1.165, 1.54) is 0 Å². The van der Waals surface area contributed by atoms with E-state index in [0.29, 0.717) is 6.04 Å². The van der Waals surface area contributed by atoms with E-state index >= 15 is 0 Å². The van der Waals surface area contributed by atoms with Gasteiger partial charge in [-0.15, -0.1) is 0 Å². The van der Waals surface area contributed by atoms with E-state index in [4.69, 9.17) is 4.74 Å². The van der Waals surface area contributed by atoms with Crippen molar-refractivity contribution >= 4 is 11.7 Å². The highest BCUT2D eigenvalue weighted by atomic mass is 16.5. The molecule has 2 saturated heterocycles. The number of ether oxygens (including phenoxy) is 1. The average molecular weight is 346 g/mol. The molecule has 0 aliphatic carbocycles. The van der Waals surface area contributed by atoms with Crippen LogP contribution in [0.15, 0.2) is 18.3 Å². The number of nitrogens with zero attached hydrogens (tertiary/aromatic N) is 4. The zero-order valence-corrected chi connectivity index (χ0v) is 15.8. The second-order valence-corrected chi connectivity index (χ2v) is 7.57. The van der Waals surface area contributed by atoms with Gasteiger partial charge in [0.1, 0.15) is 5.82 Å². The Kier molecular flexibility index (Phi) is 5.59. The summed E-state index contributed by atoms with van der Waals surface area (Å²) >= 11 is 0. The van der Waals surface area contributed by atoms with Crippen molar-refractivity contribution in [3.63, 3.8) is 0 Å². The number of carbonyl (C=O) groups is 1. The first kappa shape index (κ1) is 18.1. The summed E-state index contributed by atoms with van der Waals surface area (Å²) in [6, 6.07) is 4.00. The Morgan fingerprint density at radius 2 is 2.04 bits per heavy atom. The summed E-state index contributed by atoms with van der Waals surface area (Å²) in [4.78, 5) is 23.8. The van der Waals surface area contributed by atoms with Crippen molar-refractivity contribution in [2.24, 2.45) is 0 Å². The van der Waals surface area contributed by atoms with E-state index < -0.39 is 0 Å². The first-order valence-electron chi connectivity index (χ1n) is 9.26. The van der Waals surface area contributed by atoms with Gasteiger partial charge in [0, 0.05) is 58.1 Å². The van der Waals surface area contributed by atoms with Gasteiger partial charge in [0.05, 0.1) is 12.2 Å². The molecule has 25 heavy (non-hydrogen) atoms. The van der Waals surface area contributed by atoms with Crippen LogP contribution in [0.5, 0.6) is 0 Å². The summed E-state index contributed by atoms with van der Waals surface area (Å²) in [6.07, 6.45) is 4.41. The predicted molar refractivity (Wildman–Crippen MR) is 99.1 cm³/mol. The second-order valence-electron chi connectivity index (χ2n) is 7.57. The van der Waals surface area contributed by atoms with Crippen molar-refractivity contribution in [3.8, 4) is 0 Å². The van der Waals surface area contributed by atoms with Crippen molar-refractivity contribution < 1.29 is 9.53 Å². The van der Waals surface area contributed by atoms with Gasteiger partial charge in [-0.05, 0) is 38.8 Å². The van der Waals surface area contributed by atoms with Crippen LogP contribution in [0, 0.1) is 0 Å². The molecule has 2 aliphatic heterocycles. The molecule has 1 amide bonds. The van der Waals surface area contributed by atoms with Gasteiger partial charge in [0.25, 0.3) is 5.91 Å². The van der Waals surface area contributed by atoms with E-state index in [1.54, 1.807) is 6.20 Å². The third kappa shape index (κ3) is 4.30. The van der Waals surface area contributed by atoms with Gasteiger partial charge >= 0.3 is 0 Å². The molecule has 0 unspecified atom stereocenters. The third-order valence-electron chi connectivity index (χ3n) is 5.05. The zero-order chi connectivity index (χ0) is 18.0. The number of amides is 1. The van der Waals surface area contributed by atoms with Crippen LogP contribution in [0.3, 0.4) is 0 Å². The van der Waals surface area contributed by atoms with Crippen LogP contribution in [-0.4, -0.2) is 79.2 Å². The Bertz CT molecular complexity index is 597. The fourth-order valence-electron chi connectivity index (χ4n) is 3.99.